The van der Waals surface area contributed by atoms with Crippen molar-refractivity contribution in [2.75, 3.05) is 0 Å². The highest BCUT2D eigenvalue weighted by molar-refractivity contribution is 5.79. The van der Waals surface area contributed by atoms with Crippen LogP contribution in [0.3, 0.4) is 0 Å². The Kier molecular flexibility index (Phi) is 4.26. The maximum Gasteiger partial charge on any atom is 0.313 e. The summed E-state index contributed by atoms with van der Waals surface area (Å²) in [5.41, 5.74) is 0.710. The van der Waals surface area contributed by atoms with Gasteiger partial charge in [0.2, 0.25) is 0 Å². The monoisotopic (exact) mass is 236 g/mol. The lowest BCUT2D eigenvalue weighted by molar-refractivity contribution is -0.137. The van der Waals surface area contributed by atoms with Gasteiger partial charge in [-0.05, 0) is 24.6 Å². The van der Waals surface area contributed by atoms with Crippen molar-refractivity contribution in [3.05, 3.63) is 23.8 Å². The van der Waals surface area contributed by atoms with Crippen molar-refractivity contribution in [1.82, 2.24) is 0 Å². The van der Waals surface area contributed by atoms with Gasteiger partial charge in [-0.3, -0.25) is 9.59 Å². The molecule has 0 amide bonds. The van der Waals surface area contributed by atoms with Gasteiger partial charge in [-0.15, -0.1) is 0 Å². The normalized spacial score (nSPS) is 10.4. The van der Waals surface area contributed by atoms with E-state index in [0.717, 1.165) is 0 Å². The van der Waals surface area contributed by atoms with Gasteiger partial charge in [-0.25, -0.2) is 0 Å². The quantitative estimate of drug-likeness (QED) is 0.642. The van der Waals surface area contributed by atoms with Crippen LogP contribution in [0.25, 0.3) is 0 Å². The molecule has 4 nitrogen and oxygen atoms in total. The number of rotatable bonds is 4. The molecule has 92 valence electrons. The zero-order valence-electron chi connectivity index (χ0n) is 10.2. The van der Waals surface area contributed by atoms with Gasteiger partial charge in [-0.2, -0.15) is 0 Å². The number of Topliss-reactive ketones (excluding diaryl/α,β-unsaturated/α-hetero) is 1. The third-order valence-electron chi connectivity index (χ3n) is 2.16. The second-order valence-electron chi connectivity index (χ2n) is 4.26. The standard InChI is InChI=1S/C13H16O4/c1-8(2)13(16)17-12-7-10(6-9(3)14)4-5-11(12)15/h4-5,7-8,15H,6H2,1-3H3. The van der Waals surface area contributed by atoms with Crippen molar-refractivity contribution >= 4 is 11.8 Å². The fraction of sp³-hybridized carbons (Fsp3) is 0.385. The van der Waals surface area contributed by atoms with Gasteiger partial charge < -0.3 is 9.84 Å². The summed E-state index contributed by atoms with van der Waals surface area (Å²) in [5.74, 6) is -0.684. The minimum atomic E-state index is -0.416. The van der Waals surface area contributed by atoms with E-state index in [2.05, 4.69) is 0 Å². The highest BCUT2D eigenvalue weighted by Gasteiger charge is 2.13. The summed E-state index contributed by atoms with van der Waals surface area (Å²) in [4.78, 5) is 22.4. The average molecular weight is 236 g/mol. The molecule has 1 aromatic rings. The second-order valence-corrected chi connectivity index (χ2v) is 4.26. The number of hydrogen-bond acceptors (Lipinski definition) is 4. The van der Waals surface area contributed by atoms with Crippen LogP contribution in [0.2, 0.25) is 0 Å². The molecule has 1 rings (SSSR count). The van der Waals surface area contributed by atoms with Gasteiger partial charge in [0.25, 0.3) is 0 Å². The van der Waals surface area contributed by atoms with Crippen molar-refractivity contribution in [3.8, 4) is 11.5 Å². The Morgan fingerprint density at radius 2 is 2.00 bits per heavy atom. The van der Waals surface area contributed by atoms with Gasteiger partial charge in [0.05, 0.1) is 5.92 Å². The molecule has 0 fully saturated rings. The first-order valence-corrected chi connectivity index (χ1v) is 5.43. The van der Waals surface area contributed by atoms with E-state index in [-0.39, 0.29) is 29.6 Å². The molecule has 0 aromatic heterocycles. The first kappa shape index (κ1) is 13.2. The molecule has 0 aliphatic rings. The summed E-state index contributed by atoms with van der Waals surface area (Å²) < 4.78 is 5.03. The van der Waals surface area contributed by atoms with Crippen LogP contribution in [0.15, 0.2) is 18.2 Å². The largest absolute Gasteiger partial charge is 0.504 e. The third-order valence-corrected chi connectivity index (χ3v) is 2.16. The summed E-state index contributed by atoms with van der Waals surface area (Å²) >= 11 is 0. The fourth-order valence-corrected chi connectivity index (χ4v) is 1.26. The van der Waals surface area contributed by atoms with Crippen LogP contribution < -0.4 is 4.74 Å². The Labute approximate surface area is 100 Å². The topological polar surface area (TPSA) is 63.6 Å². The van der Waals surface area contributed by atoms with Crippen LogP contribution in [0, 0.1) is 5.92 Å². The molecule has 1 aromatic carbocycles. The number of phenolic OH excluding ortho intramolecular Hbond substituents is 1. The summed E-state index contributed by atoms with van der Waals surface area (Å²) in [6.45, 7) is 4.89. The second kappa shape index (κ2) is 5.48. The summed E-state index contributed by atoms with van der Waals surface area (Å²) in [6.07, 6.45) is 0.256. The molecular formula is C13H16O4. The molecule has 0 heterocycles. The van der Waals surface area contributed by atoms with Crippen molar-refractivity contribution < 1.29 is 19.4 Å². The molecule has 0 saturated carbocycles. The van der Waals surface area contributed by atoms with E-state index in [9.17, 15) is 14.7 Å². The molecule has 17 heavy (non-hydrogen) atoms. The van der Waals surface area contributed by atoms with Crippen molar-refractivity contribution in [3.63, 3.8) is 0 Å². The van der Waals surface area contributed by atoms with Crippen molar-refractivity contribution in [2.24, 2.45) is 5.92 Å². The highest BCUT2D eigenvalue weighted by atomic mass is 16.5. The smallest absolute Gasteiger partial charge is 0.313 e. The van der Waals surface area contributed by atoms with Gasteiger partial charge >= 0.3 is 5.97 Å². The van der Waals surface area contributed by atoms with Crippen LogP contribution in [0.5, 0.6) is 11.5 Å². The van der Waals surface area contributed by atoms with Crippen LogP contribution >= 0.6 is 0 Å². The van der Waals surface area contributed by atoms with E-state index >= 15 is 0 Å². The van der Waals surface area contributed by atoms with Gasteiger partial charge in [0.15, 0.2) is 11.5 Å². The summed E-state index contributed by atoms with van der Waals surface area (Å²) in [7, 11) is 0. The molecule has 0 unspecified atom stereocenters. The Bertz CT molecular complexity index is 435. The number of ketones is 1. The molecule has 0 saturated heterocycles. The number of benzene rings is 1. The molecule has 0 bridgehead atoms. The Hall–Kier alpha value is -1.84. The molecule has 4 heteroatoms. The average Bonchev–Trinajstić information content (AvgIpc) is 2.22. The lowest BCUT2D eigenvalue weighted by Gasteiger charge is -2.09. The molecule has 0 aliphatic carbocycles. The molecule has 1 N–H and O–H groups in total. The first-order valence-electron chi connectivity index (χ1n) is 5.43. The maximum absolute atomic E-state index is 11.4. The SMILES string of the molecule is CC(=O)Cc1ccc(O)c(OC(=O)C(C)C)c1. The minimum absolute atomic E-state index is 0.0109. The molecule has 0 atom stereocenters. The first-order chi connectivity index (χ1) is 7.90. The van der Waals surface area contributed by atoms with Crippen LogP contribution in [-0.2, 0) is 16.0 Å². The van der Waals surface area contributed by atoms with E-state index in [1.165, 1.54) is 19.1 Å². The number of phenols is 1. The Morgan fingerprint density at radius 1 is 1.35 bits per heavy atom. The van der Waals surface area contributed by atoms with Crippen LogP contribution in [-0.4, -0.2) is 16.9 Å². The van der Waals surface area contributed by atoms with Crippen LogP contribution in [0.1, 0.15) is 26.3 Å². The number of carbonyl (C=O) groups excluding carboxylic acids is 2. The number of aromatic hydroxyl groups is 1. The van der Waals surface area contributed by atoms with Crippen LogP contribution in [0.4, 0.5) is 0 Å². The van der Waals surface area contributed by atoms with Gasteiger partial charge in [0, 0.05) is 6.42 Å². The van der Waals surface area contributed by atoms with E-state index in [0.29, 0.717) is 5.56 Å². The number of carbonyl (C=O) groups is 2. The lowest BCUT2D eigenvalue weighted by Crippen LogP contribution is -2.15. The number of esters is 1. The van der Waals surface area contributed by atoms with Crippen molar-refractivity contribution in [1.29, 1.82) is 0 Å². The predicted molar refractivity (Wildman–Crippen MR) is 63.0 cm³/mol. The summed E-state index contributed by atoms with van der Waals surface area (Å²) in [5, 5.41) is 9.54. The van der Waals surface area contributed by atoms with E-state index < -0.39 is 5.97 Å². The predicted octanol–water partition coefficient (Wildman–Crippen LogP) is 2.09. The number of hydrogen-bond donors (Lipinski definition) is 1. The van der Waals surface area contributed by atoms with Crippen molar-refractivity contribution in [2.45, 2.75) is 27.2 Å². The Balaban J connectivity index is 2.90. The summed E-state index contributed by atoms with van der Waals surface area (Å²) in [6, 6.07) is 4.56. The molecule has 0 aliphatic heterocycles. The van der Waals surface area contributed by atoms with E-state index in [4.69, 9.17) is 4.74 Å². The molecule has 0 radical (unpaired) electrons. The fourth-order valence-electron chi connectivity index (χ4n) is 1.26. The van der Waals surface area contributed by atoms with Gasteiger partial charge in [0.1, 0.15) is 5.78 Å². The van der Waals surface area contributed by atoms with E-state index in [1.807, 2.05) is 0 Å². The minimum Gasteiger partial charge on any atom is -0.504 e. The zero-order chi connectivity index (χ0) is 13.0. The number of ether oxygens (including phenoxy) is 1. The van der Waals surface area contributed by atoms with E-state index in [1.54, 1.807) is 19.9 Å². The van der Waals surface area contributed by atoms with Gasteiger partial charge in [-0.1, -0.05) is 19.9 Å². The zero-order valence-corrected chi connectivity index (χ0v) is 10.2. The molecule has 0 spiro atoms. The highest BCUT2D eigenvalue weighted by Crippen LogP contribution is 2.27. The molecular weight excluding hydrogens is 220 g/mol. The maximum atomic E-state index is 11.4. The third kappa shape index (κ3) is 3.90. The Morgan fingerprint density at radius 3 is 2.53 bits per heavy atom. The lowest BCUT2D eigenvalue weighted by atomic mass is 10.1.